The molecule has 2 heterocycles. The Bertz CT molecular complexity index is 1900. The van der Waals surface area contributed by atoms with E-state index in [2.05, 4.69) is 44.8 Å². The maximum Gasteiger partial charge on any atom is 0.257 e. The lowest BCUT2D eigenvalue weighted by Crippen LogP contribution is -2.27. The number of nitrogens with zero attached hydrogens (tertiary/aromatic N) is 2. The van der Waals surface area contributed by atoms with Gasteiger partial charge >= 0.3 is 0 Å². The van der Waals surface area contributed by atoms with Crippen LogP contribution in [0.4, 0.5) is 5.69 Å². The Morgan fingerprint density at radius 1 is 0.902 bits per heavy atom. The highest BCUT2D eigenvalue weighted by Gasteiger charge is 2.26. The van der Waals surface area contributed by atoms with Crippen LogP contribution in [0.5, 0.6) is 0 Å². The molecule has 6 rings (SSSR count). The molecule has 0 atom stereocenters. The fraction of sp³-hybridized carbons (Fsp3) is 0.0667. The summed E-state index contributed by atoms with van der Waals surface area (Å²) in [5.74, 6) is -1.10. The lowest BCUT2D eigenvalue weighted by Gasteiger charge is -2.10. The van der Waals surface area contributed by atoms with E-state index in [0.29, 0.717) is 26.9 Å². The molecule has 0 bridgehead atoms. The van der Waals surface area contributed by atoms with Crippen molar-refractivity contribution in [3.05, 3.63) is 111 Å². The number of thioether (sulfide) groups is 1. The molecule has 3 N–H and O–H groups in total. The number of carbonyl (C=O) groups excluding carboxylic acids is 3. The highest BCUT2D eigenvalue weighted by atomic mass is 35.5. The van der Waals surface area contributed by atoms with Gasteiger partial charge in [-0.15, -0.1) is 5.10 Å². The number of hydrogen-bond acceptors (Lipinski definition) is 6. The Labute approximate surface area is 248 Å². The average Bonchev–Trinajstić information content (AvgIpc) is 3.57. The van der Waals surface area contributed by atoms with E-state index >= 15 is 0 Å². The number of anilines is 1. The monoisotopic (exact) mass is 601 g/mol. The van der Waals surface area contributed by atoms with Crippen LogP contribution in [0.1, 0.15) is 27.6 Å². The molecule has 0 spiro atoms. The van der Waals surface area contributed by atoms with Gasteiger partial charge in [0, 0.05) is 50.2 Å². The van der Waals surface area contributed by atoms with Gasteiger partial charge in [0.25, 0.3) is 11.8 Å². The van der Waals surface area contributed by atoms with Crippen LogP contribution in [-0.4, -0.2) is 27.3 Å². The number of fused-ring (bicyclic) bond motifs is 3. The first-order valence-corrected chi connectivity index (χ1v) is 14.2. The molecule has 8 nitrogen and oxygen atoms in total. The number of amides is 2. The van der Waals surface area contributed by atoms with Crippen LogP contribution in [0, 0.1) is 0 Å². The van der Waals surface area contributed by atoms with Crippen molar-refractivity contribution >= 4 is 85.2 Å². The zero-order valence-corrected chi connectivity index (χ0v) is 23.8. The predicted molar refractivity (Wildman–Crippen MR) is 165 cm³/mol. The summed E-state index contributed by atoms with van der Waals surface area (Å²) in [6.45, 7) is 2.95. The maximum absolute atomic E-state index is 13.0. The number of carbonyl (C=O) groups is 3. The number of benzene rings is 3. The third-order valence-corrected chi connectivity index (χ3v) is 8.09. The van der Waals surface area contributed by atoms with Crippen molar-refractivity contribution in [1.29, 1.82) is 0 Å². The van der Waals surface area contributed by atoms with E-state index in [1.165, 1.54) is 12.2 Å². The molecule has 3 aromatic carbocycles. The topological polar surface area (TPSA) is 105 Å². The van der Waals surface area contributed by atoms with E-state index in [4.69, 9.17) is 23.2 Å². The van der Waals surface area contributed by atoms with E-state index < -0.39 is 11.7 Å². The molecular formula is C30H21Cl2N5O3S. The van der Waals surface area contributed by atoms with Gasteiger partial charge in [-0.1, -0.05) is 41.4 Å². The number of nitrogens with one attached hydrogen (secondary N) is 3. The fourth-order valence-electron chi connectivity index (χ4n) is 4.76. The van der Waals surface area contributed by atoms with E-state index in [1.807, 2.05) is 30.3 Å². The molecule has 1 aliphatic heterocycles. The molecule has 0 radical (unpaired) electrons. The number of amidine groups is 1. The van der Waals surface area contributed by atoms with Crippen molar-refractivity contribution in [3.8, 4) is 0 Å². The summed E-state index contributed by atoms with van der Waals surface area (Å²) in [6, 6.07) is 20.4. The summed E-state index contributed by atoms with van der Waals surface area (Å²) in [5, 5.41) is 12.9. The Balaban J connectivity index is 1.12. The molecule has 204 valence electrons. The Morgan fingerprint density at radius 2 is 1.59 bits per heavy atom. The van der Waals surface area contributed by atoms with Crippen molar-refractivity contribution in [2.45, 2.75) is 13.5 Å². The van der Waals surface area contributed by atoms with E-state index in [9.17, 15) is 14.4 Å². The number of hydrazone groups is 1. The van der Waals surface area contributed by atoms with Crippen molar-refractivity contribution in [2.24, 2.45) is 5.10 Å². The number of halogens is 2. The largest absolute Gasteiger partial charge is 0.341 e. The molecule has 0 fully saturated rings. The zero-order valence-electron chi connectivity index (χ0n) is 21.5. The van der Waals surface area contributed by atoms with Crippen LogP contribution in [0.15, 0.2) is 105 Å². The molecule has 41 heavy (non-hydrogen) atoms. The number of hydrogen-bond donors (Lipinski definition) is 3. The molecule has 1 aliphatic carbocycles. The molecule has 0 saturated carbocycles. The molecule has 0 unspecified atom stereocenters. The van der Waals surface area contributed by atoms with Gasteiger partial charge in [0.05, 0.1) is 10.6 Å². The van der Waals surface area contributed by atoms with Crippen molar-refractivity contribution < 1.29 is 14.4 Å². The number of ketones is 1. The number of rotatable bonds is 4. The molecule has 2 aliphatic rings. The van der Waals surface area contributed by atoms with Gasteiger partial charge in [-0.05, 0) is 79.4 Å². The quantitative estimate of drug-likeness (QED) is 0.233. The first-order valence-electron chi connectivity index (χ1n) is 12.6. The van der Waals surface area contributed by atoms with Gasteiger partial charge in [0.2, 0.25) is 5.78 Å². The Morgan fingerprint density at radius 3 is 2.32 bits per heavy atom. The van der Waals surface area contributed by atoms with Gasteiger partial charge < -0.3 is 9.88 Å². The number of aryl methyl sites for hydroxylation is 1. The minimum Gasteiger partial charge on any atom is -0.341 e. The second kappa shape index (κ2) is 10.9. The molecular weight excluding hydrogens is 581 g/mol. The highest BCUT2D eigenvalue weighted by molar-refractivity contribution is 8.17. The van der Waals surface area contributed by atoms with E-state index in [1.54, 1.807) is 24.3 Å². The summed E-state index contributed by atoms with van der Waals surface area (Å²) in [5.41, 5.74) is 6.67. The van der Waals surface area contributed by atoms with Gasteiger partial charge in [-0.2, -0.15) is 0 Å². The Hall–Kier alpha value is -4.31. The van der Waals surface area contributed by atoms with Gasteiger partial charge in [-0.25, -0.2) is 0 Å². The zero-order chi connectivity index (χ0) is 28.7. The maximum atomic E-state index is 13.0. The van der Waals surface area contributed by atoms with Crippen LogP contribution in [-0.2, 0) is 11.3 Å². The van der Waals surface area contributed by atoms with Crippen LogP contribution < -0.4 is 16.1 Å². The minimum absolute atomic E-state index is 0.00587. The van der Waals surface area contributed by atoms with Crippen molar-refractivity contribution in [3.63, 3.8) is 0 Å². The number of Topliss-reactive ketones (excluding diaryl/α,β-unsaturated/α-hetero) is 1. The molecule has 2 amide bonds. The summed E-state index contributed by atoms with van der Waals surface area (Å²) in [6.07, 6.45) is 2.85. The number of allylic oxidation sites excluding steroid dienone is 5. The standard InChI is InChI=1S/C30H21Cl2N5O3S/c1-2-37-24-6-4-3-5-20(24)21-15-19(11-12-25(21)37)33-27(39)16-7-9-17(10-8-16)28(40)34-30-36-35-29(41-30)22-13-18(31)14-23(32)26(22)38/h3-15,35H,2H2,1H3,(H,33,39)(H,34,36,40)/b29-22-. The first-order chi connectivity index (χ1) is 19.8. The SMILES string of the molecule is CCn1c2ccccc2c2cc(NC(=O)c3ccc(C(=O)NC4=NN/C(=C5\C=C(Cl)C=C(Cl)C5=O)S4)cc3)ccc21. The van der Waals surface area contributed by atoms with Gasteiger partial charge in [-0.3, -0.25) is 25.1 Å². The normalized spacial score (nSPS) is 16.8. The smallest absolute Gasteiger partial charge is 0.257 e. The average molecular weight is 603 g/mol. The van der Waals surface area contributed by atoms with Crippen LogP contribution in [0.3, 0.4) is 0 Å². The first kappa shape index (κ1) is 26.9. The highest BCUT2D eigenvalue weighted by Crippen LogP contribution is 2.32. The fourth-order valence-corrected chi connectivity index (χ4v) is 6.03. The second-order valence-corrected chi connectivity index (χ2v) is 11.0. The molecule has 11 heteroatoms. The van der Waals surface area contributed by atoms with Crippen molar-refractivity contribution in [1.82, 2.24) is 15.3 Å². The molecule has 4 aromatic rings. The van der Waals surface area contributed by atoms with Crippen LogP contribution in [0.25, 0.3) is 21.8 Å². The van der Waals surface area contributed by atoms with E-state index in [-0.39, 0.29) is 21.7 Å². The molecule has 0 saturated heterocycles. The summed E-state index contributed by atoms with van der Waals surface area (Å²) in [7, 11) is 0. The minimum atomic E-state index is -0.421. The second-order valence-electron chi connectivity index (χ2n) is 9.20. The lowest BCUT2D eigenvalue weighted by molar-refractivity contribution is -0.111. The van der Waals surface area contributed by atoms with Gasteiger partial charge in [0.1, 0.15) is 5.03 Å². The van der Waals surface area contributed by atoms with E-state index in [0.717, 1.165) is 40.1 Å². The molecule has 1 aromatic heterocycles. The summed E-state index contributed by atoms with van der Waals surface area (Å²) < 4.78 is 2.25. The van der Waals surface area contributed by atoms with Crippen LogP contribution in [0.2, 0.25) is 0 Å². The summed E-state index contributed by atoms with van der Waals surface area (Å²) in [4.78, 5) is 38.1. The predicted octanol–water partition coefficient (Wildman–Crippen LogP) is 6.44. The Kier molecular flexibility index (Phi) is 7.17. The van der Waals surface area contributed by atoms with Gasteiger partial charge in [0.15, 0.2) is 5.17 Å². The van der Waals surface area contributed by atoms with Crippen LogP contribution >= 0.6 is 35.0 Å². The number of aromatic nitrogens is 1. The lowest BCUT2D eigenvalue weighted by atomic mass is 10.1. The van der Waals surface area contributed by atoms with Crippen molar-refractivity contribution in [2.75, 3.05) is 5.32 Å². The number of para-hydroxylation sites is 1. The third-order valence-electron chi connectivity index (χ3n) is 6.69. The summed E-state index contributed by atoms with van der Waals surface area (Å²) >= 11 is 13.0. The third kappa shape index (κ3) is 5.15.